The standard InChI is InChI=1S/C11H20N2O4S/c1-2-6-18(16,17)13-5-3-4-10(13)11(15)12-7-9(14)8-12/h9-10,14H,2-8H2,1H3. The van der Waals surface area contributed by atoms with Gasteiger partial charge in [0.2, 0.25) is 15.9 Å². The summed E-state index contributed by atoms with van der Waals surface area (Å²) in [5.74, 6) is -0.0585. The molecule has 2 aliphatic rings. The highest BCUT2D eigenvalue weighted by atomic mass is 32.2. The molecule has 1 atom stereocenters. The molecule has 1 unspecified atom stereocenters. The molecule has 0 bridgehead atoms. The van der Waals surface area contributed by atoms with E-state index in [1.807, 2.05) is 6.92 Å². The molecule has 0 aliphatic carbocycles. The quantitative estimate of drug-likeness (QED) is 0.743. The van der Waals surface area contributed by atoms with E-state index in [9.17, 15) is 18.3 Å². The monoisotopic (exact) mass is 276 g/mol. The summed E-state index contributed by atoms with van der Waals surface area (Å²) < 4.78 is 25.4. The first-order valence-corrected chi connectivity index (χ1v) is 8.03. The van der Waals surface area contributed by atoms with Crippen molar-refractivity contribution in [1.29, 1.82) is 0 Å². The van der Waals surface area contributed by atoms with Crippen LogP contribution in [-0.4, -0.2) is 66.2 Å². The number of aliphatic hydroxyl groups is 1. The van der Waals surface area contributed by atoms with Gasteiger partial charge in [0.25, 0.3) is 0 Å². The number of hydrogen-bond acceptors (Lipinski definition) is 4. The number of likely N-dealkylation sites (tertiary alicyclic amines) is 1. The maximum Gasteiger partial charge on any atom is 0.241 e. The van der Waals surface area contributed by atoms with Gasteiger partial charge in [0.05, 0.1) is 11.9 Å². The van der Waals surface area contributed by atoms with E-state index in [2.05, 4.69) is 0 Å². The molecule has 18 heavy (non-hydrogen) atoms. The highest BCUT2D eigenvalue weighted by molar-refractivity contribution is 7.89. The van der Waals surface area contributed by atoms with Gasteiger partial charge in [-0.3, -0.25) is 4.79 Å². The van der Waals surface area contributed by atoms with E-state index >= 15 is 0 Å². The lowest BCUT2D eigenvalue weighted by Crippen LogP contribution is -2.58. The van der Waals surface area contributed by atoms with Gasteiger partial charge >= 0.3 is 0 Å². The number of sulfonamides is 1. The predicted molar refractivity (Wildman–Crippen MR) is 66.4 cm³/mol. The molecule has 7 heteroatoms. The molecule has 2 heterocycles. The fraction of sp³-hybridized carbons (Fsp3) is 0.909. The minimum absolute atomic E-state index is 0.0966. The first kappa shape index (κ1) is 13.8. The lowest BCUT2D eigenvalue weighted by molar-refractivity contribution is -0.144. The SMILES string of the molecule is CCCS(=O)(=O)N1CCCC1C(=O)N1CC(O)C1. The molecule has 2 aliphatic heterocycles. The molecule has 6 nitrogen and oxygen atoms in total. The molecule has 104 valence electrons. The number of carbonyl (C=O) groups excluding carboxylic acids is 1. The number of hydrogen-bond donors (Lipinski definition) is 1. The molecule has 0 radical (unpaired) electrons. The Bertz CT molecular complexity index is 417. The van der Waals surface area contributed by atoms with Crippen LogP contribution in [0.25, 0.3) is 0 Å². The van der Waals surface area contributed by atoms with E-state index in [-0.39, 0.29) is 11.7 Å². The van der Waals surface area contributed by atoms with Crippen LogP contribution in [0, 0.1) is 0 Å². The highest BCUT2D eigenvalue weighted by Gasteiger charge is 2.42. The first-order valence-electron chi connectivity index (χ1n) is 6.42. The Labute approximate surface area is 108 Å². The van der Waals surface area contributed by atoms with Gasteiger partial charge in [0, 0.05) is 19.6 Å². The average Bonchev–Trinajstić information content (AvgIpc) is 2.73. The van der Waals surface area contributed by atoms with Crippen molar-refractivity contribution in [3.8, 4) is 0 Å². The minimum atomic E-state index is -3.31. The fourth-order valence-corrected chi connectivity index (χ4v) is 4.28. The van der Waals surface area contributed by atoms with E-state index in [1.54, 1.807) is 0 Å². The van der Waals surface area contributed by atoms with Crippen LogP contribution >= 0.6 is 0 Å². The van der Waals surface area contributed by atoms with E-state index in [0.29, 0.717) is 32.5 Å². The second-order valence-electron chi connectivity index (χ2n) is 4.98. The third-order valence-corrected chi connectivity index (χ3v) is 5.56. The number of amides is 1. The summed E-state index contributed by atoms with van der Waals surface area (Å²) in [6.45, 7) is 2.92. The summed E-state index contributed by atoms with van der Waals surface area (Å²) in [5.41, 5.74) is 0. The smallest absolute Gasteiger partial charge is 0.241 e. The first-order chi connectivity index (χ1) is 8.45. The van der Waals surface area contributed by atoms with E-state index in [4.69, 9.17) is 0 Å². The lowest BCUT2D eigenvalue weighted by Gasteiger charge is -2.38. The molecule has 2 rings (SSSR count). The molecular formula is C11H20N2O4S. The molecule has 1 amide bonds. The van der Waals surface area contributed by atoms with Crippen LogP contribution in [0.1, 0.15) is 26.2 Å². The summed E-state index contributed by atoms with van der Waals surface area (Å²) in [7, 11) is -3.31. The number of aliphatic hydroxyl groups excluding tert-OH is 1. The Hall–Kier alpha value is -0.660. The van der Waals surface area contributed by atoms with Crippen LogP contribution in [0.2, 0.25) is 0 Å². The van der Waals surface area contributed by atoms with E-state index in [1.165, 1.54) is 9.21 Å². The van der Waals surface area contributed by atoms with Gasteiger partial charge in [-0.05, 0) is 19.3 Å². The lowest BCUT2D eigenvalue weighted by atomic mass is 10.1. The van der Waals surface area contributed by atoms with Crippen molar-refractivity contribution in [2.24, 2.45) is 0 Å². The Kier molecular flexibility index (Phi) is 3.93. The average molecular weight is 276 g/mol. The molecule has 0 aromatic rings. The summed E-state index contributed by atoms with van der Waals surface area (Å²) in [5, 5.41) is 9.19. The zero-order valence-electron chi connectivity index (χ0n) is 10.6. The Morgan fingerprint density at radius 2 is 2.06 bits per heavy atom. The Morgan fingerprint density at radius 1 is 1.39 bits per heavy atom. The van der Waals surface area contributed by atoms with Crippen molar-refractivity contribution in [2.45, 2.75) is 38.3 Å². The summed E-state index contributed by atoms with van der Waals surface area (Å²) >= 11 is 0. The van der Waals surface area contributed by atoms with Crippen LogP contribution in [0.4, 0.5) is 0 Å². The van der Waals surface area contributed by atoms with Crippen molar-refractivity contribution < 1.29 is 18.3 Å². The van der Waals surface area contributed by atoms with Gasteiger partial charge in [-0.1, -0.05) is 6.92 Å². The van der Waals surface area contributed by atoms with Crippen LogP contribution in [0.3, 0.4) is 0 Å². The van der Waals surface area contributed by atoms with Crippen LogP contribution in [0.5, 0.6) is 0 Å². The van der Waals surface area contributed by atoms with Gasteiger partial charge in [0.15, 0.2) is 0 Å². The number of nitrogens with zero attached hydrogens (tertiary/aromatic N) is 2. The van der Waals surface area contributed by atoms with Gasteiger partial charge in [-0.15, -0.1) is 0 Å². The molecular weight excluding hydrogens is 256 g/mol. The van der Waals surface area contributed by atoms with Gasteiger partial charge < -0.3 is 10.0 Å². The Balaban J connectivity index is 2.06. The second kappa shape index (κ2) is 5.14. The number of β-amino-alcohol motifs (C(OH)–C–C–N with tert-alkyl or cyclic N) is 1. The molecule has 0 saturated carbocycles. The van der Waals surface area contributed by atoms with Crippen LogP contribution in [-0.2, 0) is 14.8 Å². The fourth-order valence-electron chi connectivity index (χ4n) is 2.54. The maximum atomic E-state index is 12.1. The van der Waals surface area contributed by atoms with Crippen molar-refractivity contribution in [1.82, 2.24) is 9.21 Å². The molecule has 0 spiro atoms. The summed E-state index contributed by atoms with van der Waals surface area (Å²) in [4.78, 5) is 13.7. The van der Waals surface area contributed by atoms with Crippen LogP contribution in [0.15, 0.2) is 0 Å². The largest absolute Gasteiger partial charge is 0.389 e. The molecule has 2 saturated heterocycles. The van der Waals surface area contributed by atoms with Gasteiger partial charge in [0.1, 0.15) is 6.04 Å². The summed E-state index contributed by atoms with van der Waals surface area (Å²) in [6.07, 6.45) is 1.43. The van der Waals surface area contributed by atoms with Crippen LogP contribution < -0.4 is 0 Å². The van der Waals surface area contributed by atoms with Crippen molar-refractivity contribution >= 4 is 15.9 Å². The zero-order chi connectivity index (χ0) is 13.3. The normalized spacial score (nSPS) is 26.3. The van der Waals surface area contributed by atoms with E-state index < -0.39 is 22.2 Å². The number of rotatable bonds is 4. The maximum absolute atomic E-state index is 12.1. The third kappa shape index (κ3) is 2.53. The highest BCUT2D eigenvalue weighted by Crippen LogP contribution is 2.25. The molecule has 0 aromatic heterocycles. The number of carbonyl (C=O) groups is 1. The Morgan fingerprint density at radius 3 is 2.61 bits per heavy atom. The minimum Gasteiger partial charge on any atom is -0.389 e. The topological polar surface area (TPSA) is 77.9 Å². The van der Waals surface area contributed by atoms with E-state index in [0.717, 1.165) is 6.42 Å². The van der Waals surface area contributed by atoms with Crippen molar-refractivity contribution in [3.05, 3.63) is 0 Å². The summed E-state index contributed by atoms with van der Waals surface area (Å²) in [6, 6.07) is -0.547. The predicted octanol–water partition coefficient (Wildman–Crippen LogP) is -0.606. The van der Waals surface area contributed by atoms with Gasteiger partial charge in [-0.25, -0.2) is 8.42 Å². The van der Waals surface area contributed by atoms with Crippen molar-refractivity contribution in [2.75, 3.05) is 25.4 Å². The molecule has 2 fully saturated rings. The third-order valence-electron chi connectivity index (χ3n) is 3.48. The second-order valence-corrected chi connectivity index (χ2v) is 7.02. The van der Waals surface area contributed by atoms with Gasteiger partial charge in [-0.2, -0.15) is 4.31 Å². The molecule has 1 N–H and O–H groups in total. The molecule has 0 aromatic carbocycles. The van der Waals surface area contributed by atoms with Crippen molar-refractivity contribution in [3.63, 3.8) is 0 Å². The zero-order valence-corrected chi connectivity index (χ0v) is 11.4.